The summed E-state index contributed by atoms with van der Waals surface area (Å²) in [6.45, 7) is 4.69. The molecule has 1 aliphatic rings. The number of hydrogen-bond acceptors (Lipinski definition) is 2. The van der Waals surface area contributed by atoms with Gasteiger partial charge < -0.3 is 13.9 Å². The summed E-state index contributed by atoms with van der Waals surface area (Å²) in [6.07, 6.45) is 0. The number of furan rings is 1. The first-order chi connectivity index (χ1) is 27.5. The predicted molar refractivity (Wildman–Crippen MR) is 234 cm³/mol. The predicted octanol–water partition coefficient (Wildman–Crippen LogP) is 14.6. The van der Waals surface area contributed by atoms with Crippen LogP contribution in [0.25, 0.3) is 72.0 Å². The second kappa shape index (κ2) is 12.5. The second-order valence-electron chi connectivity index (χ2n) is 15.4. The molecule has 3 nitrogen and oxygen atoms in total. The zero-order valence-electron chi connectivity index (χ0n) is 31.3. The van der Waals surface area contributed by atoms with Crippen LogP contribution < -0.4 is 4.90 Å². The molecule has 2 heterocycles. The Balaban J connectivity index is 1.03. The zero-order chi connectivity index (χ0) is 37.4. The molecule has 0 saturated carbocycles. The summed E-state index contributed by atoms with van der Waals surface area (Å²) < 4.78 is 8.85. The lowest BCUT2D eigenvalue weighted by molar-refractivity contribution is 0.660. The fraction of sp³-hybridized carbons (Fsp3) is 0.0566. The molecule has 0 unspecified atom stereocenters. The average molecular weight is 719 g/mol. The number of nitrogens with zero attached hydrogens (tertiary/aromatic N) is 2. The first-order valence-electron chi connectivity index (χ1n) is 19.3. The molecular formula is C53H38N2O. The number of anilines is 3. The van der Waals surface area contributed by atoms with Crippen molar-refractivity contribution in [1.29, 1.82) is 0 Å². The minimum Gasteiger partial charge on any atom is -0.454 e. The van der Waals surface area contributed by atoms with E-state index in [1.54, 1.807) is 0 Å². The third-order valence-electron chi connectivity index (χ3n) is 11.8. The third-order valence-corrected chi connectivity index (χ3v) is 11.8. The first-order valence-corrected chi connectivity index (χ1v) is 19.3. The van der Waals surface area contributed by atoms with Gasteiger partial charge in [0.25, 0.3) is 0 Å². The van der Waals surface area contributed by atoms with E-state index in [2.05, 4.69) is 211 Å². The number of rotatable bonds is 6. The Morgan fingerprint density at radius 3 is 1.77 bits per heavy atom. The van der Waals surface area contributed by atoms with E-state index in [0.29, 0.717) is 0 Å². The molecule has 11 rings (SSSR count). The van der Waals surface area contributed by atoms with Gasteiger partial charge in [-0.3, -0.25) is 0 Å². The van der Waals surface area contributed by atoms with Gasteiger partial charge in [0, 0.05) is 38.9 Å². The van der Waals surface area contributed by atoms with Crippen molar-refractivity contribution in [2.75, 3.05) is 4.90 Å². The van der Waals surface area contributed by atoms with Gasteiger partial charge in [0.15, 0.2) is 5.58 Å². The van der Waals surface area contributed by atoms with E-state index in [1.165, 1.54) is 33.4 Å². The van der Waals surface area contributed by atoms with Crippen LogP contribution in [0.1, 0.15) is 25.0 Å². The topological polar surface area (TPSA) is 21.3 Å². The maximum Gasteiger partial charge on any atom is 0.161 e. The Morgan fingerprint density at radius 2 is 1.02 bits per heavy atom. The molecule has 0 saturated heterocycles. The van der Waals surface area contributed by atoms with Crippen molar-refractivity contribution in [3.63, 3.8) is 0 Å². The third kappa shape index (κ3) is 4.98. The minimum absolute atomic E-state index is 0.0992. The van der Waals surface area contributed by atoms with Crippen LogP contribution in [0.4, 0.5) is 17.1 Å². The number of fused-ring (bicyclic) bond motifs is 8. The van der Waals surface area contributed by atoms with Crippen LogP contribution in [-0.4, -0.2) is 4.57 Å². The molecule has 0 fully saturated rings. The van der Waals surface area contributed by atoms with Gasteiger partial charge in [-0.05, 0) is 117 Å². The van der Waals surface area contributed by atoms with Gasteiger partial charge in [-0.2, -0.15) is 0 Å². The molecule has 0 atom stereocenters. The van der Waals surface area contributed by atoms with Crippen molar-refractivity contribution in [3.8, 4) is 39.1 Å². The molecule has 56 heavy (non-hydrogen) atoms. The molecule has 266 valence electrons. The lowest BCUT2D eigenvalue weighted by Crippen LogP contribution is -2.16. The second-order valence-corrected chi connectivity index (χ2v) is 15.4. The SMILES string of the molecule is CC1(C)c2ccccc2-c2ccc(N(c3ccc(-c4ccccc4)cc3)c3ccc(-c4ccc5c6oc7ccccc7c6n(-c6ccccc6)c5c4)cc3)cc21. The Morgan fingerprint density at radius 1 is 0.446 bits per heavy atom. The van der Waals surface area contributed by atoms with Crippen molar-refractivity contribution < 1.29 is 4.42 Å². The zero-order valence-corrected chi connectivity index (χ0v) is 31.3. The normalized spacial score (nSPS) is 13.0. The lowest BCUT2D eigenvalue weighted by atomic mass is 9.82. The van der Waals surface area contributed by atoms with Gasteiger partial charge in [0.2, 0.25) is 0 Å². The van der Waals surface area contributed by atoms with E-state index >= 15 is 0 Å². The molecule has 3 heteroatoms. The van der Waals surface area contributed by atoms with E-state index in [-0.39, 0.29) is 5.41 Å². The molecule has 0 spiro atoms. The Labute approximate surface area is 326 Å². The van der Waals surface area contributed by atoms with Gasteiger partial charge in [0.05, 0.1) is 5.52 Å². The highest BCUT2D eigenvalue weighted by atomic mass is 16.3. The number of aromatic nitrogens is 1. The highest BCUT2D eigenvalue weighted by molar-refractivity contribution is 6.17. The van der Waals surface area contributed by atoms with E-state index < -0.39 is 0 Å². The maximum absolute atomic E-state index is 6.50. The summed E-state index contributed by atoms with van der Waals surface area (Å²) in [4.78, 5) is 2.39. The minimum atomic E-state index is -0.0992. The molecule has 1 aliphatic carbocycles. The van der Waals surface area contributed by atoms with Gasteiger partial charge in [-0.15, -0.1) is 0 Å². The molecule has 0 amide bonds. The Hall–Kier alpha value is -7.10. The largest absolute Gasteiger partial charge is 0.454 e. The van der Waals surface area contributed by atoms with Gasteiger partial charge in [-0.25, -0.2) is 0 Å². The fourth-order valence-electron chi connectivity index (χ4n) is 9.01. The summed E-state index contributed by atoms with van der Waals surface area (Å²) in [5.41, 5.74) is 18.5. The van der Waals surface area contributed by atoms with E-state index in [1.807, 2.05) is 6.07 Å². The quantitative estimate of drug-likeness (QED) is 0.171. The van der Waals surface area contributed by atoms with Crippen LogP contribution in [0.3, 0.4) is 0 Å². The number of hydrogen-bond donors (Lipinski definition) is 0. The summed E-state index contributed by atoms with van der Waals surface area (Å²) in [7, 11) is 0. The van der Waals surface area contributed by atoms with Gasteiger partial charge in [-0.1, -0.05) is 135 Å². The summed E-state index contributed by atoms with van der Waals surface area (Å²) in [5.74, 6) is 0. The maximum atomic E-state index is 6.50. The molecule has 10 aromatic rings. The molecular weight excluding hydrogens is 681 g/mol. The molecule has 2 aromatic heterocycles. The molecule has 0 bridgehead atoms. The molecule has 8 aromatic carbocycles. The van der Waals surface area contributed by atoms with Crippen LogP contribution >= 0.6 is 0 Å². The molecule has 0 aliphatic heterocycles. The van der Waals surface area contributed by atoms with Crippen LogP contribution in [0.15, 0.2) is 199 Å². The Kier molecular flexibility index (Phi) is 7.20. The van der Waals surface area contributed by atoms with Crippen molar-refractivity contribution in [3.05, 3.63) is 205 Å². The van der Waals surface area contributed by atoms with Crippen LogP contribution in [0.5, 0.6) is 0 Å². The van der Waals surface area contributed by atoms with Gasteiger partial charge in [0.1, 0.15) is 11.1 Å². The van der Waals surface area contributed by atoms with Crippen LogP contribution in [0, 0.1) is 0 Å². The van der Waals surface area contributed by atoms with E-state index in [0.717, 1.165) is 66.8 Å². The summed E-state index contributed by atoms with van der Waals surface area (Å²) >= 11 is 0. The fourth-order valence-corrected chi connectivity index (χ4v) is 9.01. The van der Waals surface area contributed by atoms with Crippen molar-refractivity contribution in [2.24, 2.45) is 0 Å². The first kappa shape index (κ1) is 32.3. The van der Waals surface area contributed by atoms with E-state index in [4.69, 9.17) is 4.42 Å². The van der Waals surface area contributed by atoms with Crippen LogP contribution in [-0.2, 0) is 5.41 Å². The van der Waals surface area contributed by atoms with Crippen LogP contribution in [0.2, 0.25) is 0 Å². The molecule has 0 N–H and O–H groups in total. The summed E-state index contributed by atoms with van der Waals surface area (Å²) in [5, 5.41) is 2.22. The van der Waals surface area contributed by atoms with E-state index in [9.17, 15) is 0 Å². The van der Waals surface area contributed by atoms with Crippen molar-refractivity contribution in [1.82, 2.24) is 4.57 Å². The van der Waals surface area contributed by atoms with Gasteiger partial charge >= 0.3 is 0 Å². The summed E-state index contributed by atoms with van der Waals surface area (Å²) in [6, 6.07) is 70.1. The van der Waals surface area contributed by atoms with Crippen molar-refractivity contribution >= 4 is 50.0 Å². The molecule has 0 radical (unpaired) electrons. The number of benzene rings is 8. The standard InChI is InChI=1S/C53H38N2O/c1-53(2)47-19-11-9-17-43(47)44-32-30-42(34-48(44)53)54(40-26-21-36(22-27-40)35-13-5-3-6-14-35)41-28-23-37(24-29-41)38-25-31-45-49(33-38)55(39-15-7-4-8-16-39)51-46-18-10-12-20-50(46)56-52(45)51/h3-34H,1-2H3. The smallest absolute Gasteiger partial charge is 0.161 e. The monoisotopic (exact) mass is 718 g/mol. The van der Waals surface area contributed by atoms with Crippen molar-refractivity contribution in [2.45, 2.75) is 19.3 Å². The highest BCUT2D eigenvalue weighted by Gasteiger charge is 2.35. The lowest BCUT2D eigenvalue weighted by Gasteiger charge is -2.28. The average Bonchev–Trinajstić information content (AvgIpc) is 3.86. The number of para-hydroxylation sites is 2. The highest BCUT2D eigenvalue weighted by Crippen LogP contribution is 2.51. The Bertz CT molecular complexity index is 3080.